The lowest BCUT2D eigenvalue weighted by Gasteiger charge is -2.34. The molecule has 0 saturated heterocycles. The third kappa shape index (κ3) is 2.72. The van der Waals surface area contributed by atoms with Crippen molar-refractivity contribution in [3.05, 3.63) is 53.4 Å². The maximum atomic E-state index is 13.0. The van der Waals surface area contributed by atoms with Gasteiger partial charge in [-0.1, -0.05) is 18.2 Å². The number of thiophene rings is 1. The molecule has 5 nitrogen and oxygen atoms in total. The van der Waals surface area contributed by atoms with E-state index in [1.807, 2.05) is 48.6 Å². The van der Waals surface area contributed by atoms with Crippen LogP contribution in [0.1, 0.15) is 28.3 Å². The molecule has 0 saturated carbocycles. The van der Waals surface area contributed by atoms with Crippen LogP contribution in [0.3, 0.4) is 0 Å². The molecule has 1 aliphatic rings. The molecular formula is C18H19N3O2S. The van der Waals surface area contributed by atoms with Crippen molar-refractivity contribution < 1.29 is 9.53 Å². The zero-order valence-corrected chi connectivity index (χ0v) is 14.3. The molecule has 4 rings (SSSR count). The normalized spacial score (nSPS) is 17.2. The zero-order chi connectivity index (χ0) is 16.5. The lowest BCUT2D eigenvalue weighted by molar-refractivity contribution is 0.0548. The smallest absolute Gasteiger partial charge is 0.264 e. The molecule has 1 aliphatic heterocycles. The minimum Gasteiger partial charge on any atom is -0.380 e. The molecule has 1 aromatic carbocycles. The number of imidazole rings is 1. The molecule has 0 spiro atoms. The Balaban J connectivity index is 1.60. The number of rotatable bonds is 4. The quantitative estimate of drug-likeness (QED) is 0.731. The summed E-state index contributed by atoms with van der Waals surface area (Å²) in [7, 11) is 0. The molecule has 1 amide bonds. The summed E-state index contributed by atoms with van der Waals surface area (Å²) in [6.07, 6.45) is 3.67. The number of fused-ring (bicyclic) bond motifs is 2. The number of amides is 1. The Hall–Kier alpha value is -2.18. The highest BCUT2D eigenvalue weighted by Crippen LogP contribution is 2.29. The van der Waals surface area contributed by atoms with Gasteiger partial charge >= 0.3 is 0 Å². The average molecular weight is 341 g/mol. The predicted octanol–water partition coefficient (Wildman–Crippen LogP) is 3.33. The van der Waals surface area contributed by atoms with E-state index in [1.165, 1.54) is 0 Å². The Morgan fingerprint density at radius 1 is 1.42 bits per heavy atom. The van der Waals surface area contributed by atoms with Crippen LogP contribution in [-0.4, -0.2) is 40.1 Å². The highest BCUT2D eigenvalue weighted by Gasteiger charge is 2.29. The third-order valence-corrected chi connectivity index (χ3v) is 5.47. The number of carbonyl (C=O) groups is 1. The predicted molar refractivity (Wildman–Crippen MR) is 94.3 cm³/mol. The molecule has 3 heterocycles. The summed E-state index contributed by atoms with van der Waals surface area (Å²) in [6.45, 7) is 4.49. The van der Waals surface area contributed by atoms with Gasteiger partial charge in [0.1, 0.15) is 0 Å². The number of nitrogens with zero attached hydrogens (tertiary/aromatic N) is 3. The van der Waals surface area contributed by atoms with Gasteiger partial charge < -0.3 is 14.2 Å². The second kappa shape index (κ2) is 6.37. The average Bonchev–Trinajstić information content (AvgIpc) is 3.25. The van der Waals surface area contributed by atoms with Crippen LogP contribution in [0.2, 0.25) is 0 Å². The molecule has 0 unspecified atom stereocenters. The van der Waals surface area contributed by atoms with Gasteiger partial charge in [-0.05, 0) is 24.4 Å². The lowest BCUT2D eigenvalue weighted by Crippen LogP contribution is -2.42. The molecule has 24 heavy (non-hydrogen) atoms. The van der Waals surface area contributed by atoms with Gasteiger partial charge in [0.05, 0.1) is 36.1 Å². The monoisotopic (exact) mass is 341 g/mol. The fraction of sp³-hybridized carbons (Fsp3) is 0.333. The van der Waals surface area contributed by atoms with Gasteiger partial charge in [0.2, 0.25) is 0 Å². The van der Waals surface area contributed by atoms with E-state index >= 15 is 0 Å². The van der Waals surface area contributed by atoms with Gasteiger partial charge in [0.25, 0.3) is 5.91 Å². The SMILES string of the molecule is CCOC[C@H]1CN(C(=O)c2cc3ccccc3s2)Cc2cncn21. The summed E-state index contributed by atoms with van der Waals surface area (Å²) >= 11 is 1.56. The zero-order valence-electron chi connectivity index (χ0n) is 13.5. The first-order valence-electron chi connectivity index (χ1n) is 8.12. The van der Waals surface area contributed by atoms with Gasteiger partial charge in [-0.25, -0.2) is 4.98 Å². The van der Waals surface area contributed by atoms with Crippen molar-refractivity contribution in [3.63, 3.8) is 0 Å². The number of hydrogen-bond acceptors (Lipinski definition) is 4. The Bertz CT molecular complexity index is 837. The number of benzene rings is 1. The molecule has 0 aliphatic carbocycles. The Morgan fingerprint density at radius 3 is 3.12 bits per heavy atom. The standard InChI is InChI=1S/C18H19N3O2S/c1-2-23-11-15-10-20(9-14-8-19-12-21(14)15)18(22)17-7-13-5-3-4-6-16(13)24-17/h3-8,12,15H,2,9-11H2,1H3/t15-/m1/s1. The van der Waals surface area contributed by atoms with Crippen LogP contribution in [0.4, 0.5) is 0 Å². The van der Waals surface area contributed by atoms with Crippen molar-refractivity contribution >= 4 is 27.3 Å². The molecular weight excluding hydrogens is 322 g/mol. The summed E-state index contributed by atoms with van der Waals surface area (Å²) in [5, 5.41) is 1.12. The second-order valence-corrected chi connectivity index (χ2v) is 7.02. The molecule has 124 valence electrons. The van der Waals surface area contributed by atoms with Gasteiger partial charge in [-0.2, -0.15) is 0 Å². The lowest BCUT2D eigenvalue weighted by atomic mass is 10.2. The Kier molecular flexibility index (Phi) is 4.08. The third-order valence-electron chi connectivity index (χ3n) is 4.36. The van der Waals surface area contributed by atoms with Gasteiger partial charge in [0, 0.05) is 24.0 Å². The van der Waals surface area contributed by atoms with Crippen LogP contribution in [-0.2, 0) is 11.3 Å². The first-order valence-corrected chi connectivity index (χ1v) is 8.94. The van der Waals surface area contributed by atoms with Crippen LogP contribution >= 0.6 is 11.3 Å². The van der Waals surface area contributed by atoms with Crippen molar-refractivity contribution in [3.8, 4) is 0 Å². The maximum Gasteiger partial charge on any atom is 0.264 e. The van der Waals surface area contributed by atoms with E-state index in [-0.39, 0.29) is 11.9 Å². The minimum absolute atomic E-state index is 0.0881. The van der Waals surface area contributed by atoms with E-state index < -0.39 is 0 Å². The van der Waals surface area contributed by atoms with E-state index in [0.717, 1.165) is 20.7 Å². The molecule has 0 fully saturated rings. The molecule has 6 heteroatoms. The van der Waals surface area contributed by atoms with E-state index in [0.29, 0.717) is 26.3 Å². The van der Waals surface area contributed by atoms with Crippen molar-refractivity contribution in [1.82, 2.24) is 14.5 Å². The van der Waals surface area contributed by atoms with Gasteiger partial charge in [-0.15, -0.1) is 11.3 Å². The highest BCUT2D eigenvalue weighted by atomic mass is 32.1. The fourth-order valence-electron chi connectivity index (χ4n) is 3.17. The Morgan fingerprint density at radius 2 is 2.29 bits per heavy atom. The summed E-state index contributed by atoms with van der Waals surface area (Å²) < 4.78 is 8.87. The van der Waals surface area contributed by atoms with Crippen LogP contribution in [0.5, 0.6) is 0 Å². The van der Waals surface area contributed by atoms with E-state index in [1.54, 1.807) is 11.3 Å². The topological polar surface area (TPSA) is 47.4 Å². The number of carbonyl (C=O) groups excluding carboxylic acids is 1. The highest BCUT2D eigenvalue weighted by molar-refractivity contribution is 7.20. The van der Waals surface area contributed by atoms with Gasteiger partial charge in [-0.3, -0.25) is 4.79 Å². The number of hydrogen-bond donors (Lipinski definition) is 0. The number of ether oxygens (including phenoxy) is 1. The van der Waals surface area contributed by atoms with E-state index in [4.69, 9.17) is 4.74 Å². The first kappa shape index (κ1) is 15.4. The summed E-state index contributed by atoms with van der Waals surface area (Å²) in [6, 6.07) is 10.2. The molecule has 0 bridgehead atoms. The number of aromatic nitrogens is 2. The summed E-state index contributed by atoms with van der Waals surface area (Å²) in [5.74, 6) is 0.0881. The van der Waals surface area contributed by atoms with Crippen molar-refractivity contribution in [2.45, 2.75) is 19.5 Å². The maximum absolute atomic E-state index is 13.0. The van der Waals surface area contributed by atoms with Crippen molar-refractivity contribution in [2.24, 2.45) is 0 Å². The van der Waals surface area contributed by atoms with Crippen molar-refractivity contribution in [2.75, 3.05) is 19.8 Å². The van der Waals surface area contributed by atoms with Crippen LogP contribution in [0, 0.1) is 0 Å². The largest absolute Gasteiger partial charge is 0.380 e. The Labute approximate surface area is 144 Å². The molecule has 0 N–H and O–H groups in total. The van der Waals surface area contributed by atoms with Gasteiger partial charge in [0.15, 0.2) is 0 Å². The van der Waals surface area contributed by atoms with Crippen LogP contribution in [0.15, 0.2) is 42.9 Å². The van der Waals surface area contributed by atoms with Crippen molar-refractivity contribution in [1.29, 1.82) is 0 Å². The molecule has 0 radical (unpaired) electrons. The van der Waals surface area contributed by atoms with E-state index in [2.05, 4.69) is 15.6 Å². The van der Waals surface area contributed by atoms with Crippen LogP contribution in [0.25, 0.3) is 10.1 Å². The molecule has 1 atom stereocenters. The second-order valence-electron chi connectivity index (χ2n) is 5.94. The molecule has 2 aromatic heterocycles. The fourth-order valence-corrected chi connectivity index (χ4v) is 4.20. The molecule has 3 aromatic rings. The summed E-state index contributed by atoms with van der Waals surface area (Å²) in [5.41, 5.74) is 1.06. The first-order chi connectivity index (χ1) is 11.8. The summed E-state index contributed by atoms with van der Waals surface area (Å²) in [4.78, 5) is 19.9. The van der Waals surface area contributed by atoms with E-state index in [9.17, 15) is 4.79 Å². The minimum atomic E-state index is 0.0881. The van der Waals surface area contributed by atoms with Crippen LogP contribution < -0.4 is 0 Å².